The van der Waals surface area contributed by atoms with Gasteiger partial charge in [0.15, 0.2) is 0 Å². The van der Waals surface area contributed by atoms with Gasteiger partial charge >= 0.3 is 0 Å². The van der Waals surface area contributed by atoms with E-state index < -0.39 is 0 Å². The zero-order chi connectivity index (χ0) is 16.2. The molecule has 0 fully saturated rings. The van der Waals surface area contributed by atoms with E-state index in [0.717, 1.165) is 30.9 Å². The standard InChI is InChI=1S/C19H22N2O2/c1-14(19(22)20-17-8-5-9-18(12-17)23-2)21-11-10-15-6-3-4-7-16(15)13-21/h3-9,12,14H,10-11,13H2,1-2H3,(H,20,22)/t14-/m1/s1. The fraction of sp³-hybridized carbons (Fsp3) is 0.316. The first-order valence-corrected chi connectivity index (χ1v) is 7.93. The van der Waals surface area contributed by atoms with Crippen molar-refractivity contribution in [3.8, 4) is 5.75 Å². The van der Waals surface area contributed by atoms with Crippen molar-refractivity contribution in [2.75, 3.05) is 19.0 Å². The van der Waals surface area contributed by atoms with Gasteiger partial charge in [0.05, 0.1) is 13.2 Å². The van der Waals surface area contributed by atoms with E-state index in [-0.39, 0.29) is 11.9 Å². The summed E-state index contributed by atoms with van der Waals surface area (Å²) in [7, 11) is 1.62. The number of methoxy groups -OCH3 is 1. The van der Waals surface area contributed by atoms with Crippen LogP contribution in [-0.2, 0) is 17.8 Å². The molecule has 1 atom stereocenters. The van der Waals surface area contributed by atoms with Crippen LogP contribution < -0.4 is 10.1 Å². The van der Waals surface area contributed by atoms with E-state index in [4.69, 9.17) is 4.74 Å². The minimum absolute atomic E-state index is 0.0117. The largest absolute Gasteiger partial charge is 0.497 e. The number of fused-ring (bicyclic) bond motifs is 1. The van der Waals surface area contributed by atoms with Crippen LogP contribution in [0.4, 0.5) is 5.69 Å². The maximum absolute atomic E-state index is 12.5. The van der Waals surface area contributed by atoms with Crippen LogP contribution in [0.15, 0.2) is 48.5 Å². The number of benzene rings is 2. The van der Waals surface area contributed by atoms with E-state index in [2.05, 4.69) is 34.5 Å². The number of hydrogen-bond donors (Lipinski definition) is 1. The molecule has 1 aliphatic rings. The Kier molecular flexibility index (Phi) is 4.63. The third-order valence-electron chi connectivity index (χ3n) is 4.42. The maximum Gasteiger partial charge on any atom is 0.241 e. The van der Waals surface area contributed by atoms with E-state index in [1.165, 1.54) is 11.1 Å². The average molecular weight is 310 g/mol. The number of ether oxygens (including phenoxy) is 1. The Morgan fingerprint density at radius 1 is 1.17 bits per heavy atom. The van der Waals surface area contributed by atoms with Gasteiger partial charge in [-0.05, 0) is 36.6 Å². The van der Waals surface area contributed by atoms with Crippen molar-refractivity contribution in [3.63, 3.8) is 0 Å². The highest BCUT2D eigenvalue weighted by Gasteiger charge is 2.25. The van der Waals surface area contributed by atoms with Crippen LogP contribution in [-0.4, -0.2) is 30.5 Å². The molecule has 0 spiro atoms. The van der Waals surface area contributed by atoms with Gasteiger partial charge in [0, 0.05) is 24.8 Å². The summed E-state index contributed by atoms with van der Waals surface area (Å²) in [5.41, 5.74) is 3.47. The summed E-state index contributed by atoms with van der Waals surface area (Å²) in [5, 5.41) is 2.98. The summed E-state index contributed by atoms with van der Waals surface area (Å²) in [5.74, 6) is 0.750. The summed E-state index contributed by atoms with van der Waals surface area (Å²) in [6.45, 7) is 3.69. The smallest absolute Gasteiger partial charge is 0.241 e. The monoisotopic (exact) mass is 310 g/mol. The van der Waals surface area contributed by atoms with Gasteiger partial charge in [0.1, 0.15) is 5.75 Å². The molecule has 120 valence electrons. The van der Waals surface area contributed by atoms with Crippen molar-refractivity contribution in [1.29, 1.82) is 0 Å². The second-order valence-corrected chi connectivity index (χ2v) is 5.89. The SMILES string of the molecule is COc1cccc(NC(=O)[C@@H](C)N2CCc3ccccc3C2)c1. The lowest BCUT2D eigenvalue weighted by atomic mass is 9.99. The molecule has 0 aromatic heterocycles. The first-order chi connectivity index (χ1) is 11.2. The predicted octanol–water partition coefficient (Wildman–Crippen LogP) is 3.08. The van der Waals surface area contributed by atoms with Crippen molar-refractivity contribution >= 4 is 11.6 Å². The van der Waals surface area contributed by atoms with E-state index in [9.17, 15) is 4.79 Å². The van der Waals surface area contributed by atoms with Crippen LogP contribution in [0.25, 0.3) is 0 Å². The number of carbonyl (C=O) groups is 1. The van der Waals surface area contributed by atoms with E-state index >= 15 is 0 Å². The second kappa shape index (κ2) is 6.84. The zero-order valence-corrected chi connectivity index (χ0v) is 13.6. The van der Waals surface area contributed by atoms with Gasteiger partial charge in [0.2, 0.25) is 5.91 Å². The third-order valence-corrected chi connectivity index (χ3v) is 4.42. The quantitative estimate of drug-likeness (QED) is 0.943. The second-order valence-electron chi connectivity index (χ2n) is 5.89. The number of anilines is 1. The van der Waals surface area contributed by atoms with Crippen LogP contribution in [0, 0.1) is 0 Å². The minimum Gasteiger partial charge on any atom is -0.497 e. The van der Waals surface area contributed by atoms with Crippen LogP contribution >= 0.6 is 0 Å². The Morgan fingerprint density at radius 3 is 2.74 bits per heavy atom. The molecule has 4 nitrogen and oxygen atoms in total. The molecule has 3 rings (SSSR count). The molecule has 1 heterocycles. The summed E-state index contributed by atoms with van der Waals surface area (Å²) in [6, 6.07) is 15.7. The van der Waals surface area contributed by atoms with Crippen LogP contribution in [0.5, 0.6) is 5.75 Å². The lowest BCUT2D eigenvalue weighted by Crippen LogP contribution is -2.44. The molecule has 0 aliphatic carbocycles. The van der Waals surface area contributed by atoms with Gasteiger partial charge in [-0.25, -0.2) is 0 Å². The molecule has 2 aromatic rings. The minimum atomic E-state index is -0.172. The van der Waals surface area contributed by atoms with E-state index in [0.29, 0.717) is 0 Å². The normalized spacial score (nSPS) is 15.6. The van der Waals surface area contributed by atoms with Gasteiger partial charge in [-0.3, -0.25) is 9.69 Å². The number of amides is 1. The summed E-state index contributed by atoms with van der Waals surface area (Å²) in [4.78, 5) is 14.7. The summed E-state index contributed by atoms with van der Waals surface area (Å²) < 4.78 is 5.19. The highest BCUT2D eigenvalue weighted by molar-refractivity contribution is 5.94. The molecule has 1 amide bonds. The van der Waals surface area contributed by atoms with E-state index in [1.807, 2.05) is 31.2 Å². The fourth-order valence-electron chi connectivity index (χ4n) is 2.96. The van der Waals surface area contributed by atoms with E-state index in [1.54, 1.807) is 7.11 Å². The van der Waals surface area contributed by atoms with Crippen molar-refractivity contribution in [3.05, 3.63) is 59.7 Å². The Labute approximate surface area is 137 Å². The molecular formula is C19H22N2O2. The van der Waals surface area contributed by atoms with Gasteiger partial charge in [-0.15, -0.1) is 0 Å². The summed E-state index contributed by atoms with van der Waals surface area (Å²) >= 11 is 0. The molecule has 0 saturated heterocycles. The van der Waals surface area contributed by atoms with Gasteiger partial charge in [-0.1, -0.05) is 30.3 Å². The van der Waals surface area contributed by atoms with Gasteiger partial charge < -0.3 is 10.1 Å². The Bertz CT molecular complexity index is 699. The average Bonchev–Trinajstić information content (AvgIpc) is 2.60. The molecule has 1 aliphatic heterocycles. The lowest BCUT2D eigenvalue weighted by molar-refractivity contribution is -0.121. The van der Waals surface area contributed by atoms with Crippen molar-refractivity contribution in [2.45, 2.75) is 25.9 Å². The fourth-order valence-corrected chi connectivity index (χ4v) is 2.96. The molecule has 4 heteroatoms. The Hall–Kier alpha value is -2.33. The topological polar surface area (TPSA) is 41.6 Å². The maximum atomic E-state index is 12.5. The lowest BCUT2D eigenvalue weighted by Gasteiger charge is -2.32. The first-order valence-electron chi connectivity index (χ1n) is 7.93. The first kappa shape index (κ1) is 15.6. The molecule has 0 saturated carbocycles. The van der Waals surface area contributed by atoms with Crippen molar-refractivity contribution < 1.29 is 9.53 Å². The molecule has 0 bridgehead atoms. The molecule has 0 unspecified atom stereocenters. The Balaban J connectivity index is 1.66. The molecule has 2 aromatic carbocycles. The number of rotatable bonds is 4. The third kappa shape index (κ3) is 3.54. The van der Waals surface area contributed by atoms with Crippen molar-refractivity contribution in [2.24, 2.45) is 0 Å². The predicted molar refractivity (Wildman–Crippen MR) is 91.6 cm³/mol. The van der Waals surface area contributed by atoms with Crippen LogP contribution in [0.1, 0.15) is 18.1 Å². The van der Waals surface area contributed by atoms with Crippen molar-refractivity contribution in [1.82, 2.24) is 4.90 Å². The number of nitrogens with zero attached hydrogens (tertiary/aromatic N) is 1. The molecule has 1 N–H and O–H groups in total. The van der Waals surface area contributed by atoms with Gasteiger partial charge in [0.25, 0.3) is 0 Å². The summed E-state index contributed by atoms with van der Waals surface area (Å²) in [6.07, 6.45) is 0.993. The zero-order valence-electron chi connectivity index (χ0n) is 13.6. The highest BCUT2D eigenvalue weighted by Crippen LogP contribution is 2.21. The van der Waals surface area contributed by atoms with Crippen LogP contribution in [0.3, 0.4) is 0 Å². The molecule has 0 radical (unpaired) electrons. The molecule has 23 heavy (non-hydrogen) atoms. The number of hydrogen-bond acceptors (Lipinski definition) is 3. The molecular weight excluding hydrogens is 288 g/mol. The van der Waals surface area contributed by atoms with Gasteiger partial charge in [-0.2, -0.15) is 0 Å². The Morgan fingerprint density at radius 2 is 1.96 bits per heavy atom. The number of nitrogens with one attached hydrogen (secondary N) is 1. The highest BCUT2D eigenvalue weighted by atomic mass is 16.5. The van der Waals surface area contributed by atoms with Crippen LogP contribution in [0.2, 0.25) is 0 Å². The number of carbonyl (C=O) groups excluding carboxylic acids is 1.